The van der Waals surface area contributed by atoms with E-state index in [4.69, 9.17) is 16.3 Å². The second-order valence-electron chi connectivity index (χ2n) is 5.66. The number of carbonyl (C=O) groups excluding carboxylic acids is 1. The Hall–Kier alpha value is -0.970. The van der Waals surface area contributed by atoms with Crippen molar-refractivity contribution in [2.45, 2.75) is 18.4 Å². The van der Waals surface area contributed by atoms with E-state index in [1.807, 2.05) is 13.0 Å². The summed E-state index contributed by atoms with van der Waals surface area (Å²) in [7, 11) is -3.71. The standard InChI is InChI=1S/C16H19ClN2O4S3/c1-2-18(11-12-3-4-14(17)25-12)16(20)15-13(5-10-24-15)26(21,22)19-6-8-23-9-7-19/h3-5,10H,2,6-9,11H2,1H3. The molecule has 0 N–H and O–H groups in total. The van der Waals surface area contributed by atoms with Gasteiger partial charge in [0.1, 0.15) is 9.77 Å². The van der Waals surface area contributed by atoms with Crippen molar-refractivity contribution in [1.82, 2.24) is 9.21 Å². The summed E-state index contributed by atoms with van der Waals surface area (Å²) in [6, 6.07) is 5.18. The maximum Gasteiger partial charge on any atom is 0.265 e. The number of nitrogens with zero attached hydrogens (tertiary/aromatic N) is 2. The molecule has 142 valence electrons. The average Bonchev–Trinajstić information content (AvgIpc) is 3.29. The summed E-state index contributed by atoms with van der Waals surface area (Å²) in [4.78, 5) is 15.9. The Morgan fingerprint density at radius 2 is 2.04 bits per heavy atom. The molecule has 0 unspecified atom stereocenters. The van der Waals surface area contributed by atoms with E-state index in [-0.39, 0.29) is 15.7 Å². The van der Waals surface area contributed by atoms with Gasteiger partial charge in [-0.3, -0.25) is 4.79 Å². The number of ether oxygens (including phenoxy) is 1. The van der Waals surface area contributed by atoms with Gasteiger partial charge in [0.15, 0.2) is 0 Å². The van der Waals surface area contributed by atoms with Crippen LogP contribution in [0.15, 0.2) is 28.5 Å². The zero-order valence-electron chi connectivity index (χ0n) is 14.2. The monoisotopic (exact) mass is 434 g/mol. The van der Waals surface area contributed by atoms with Crippen molar-refractivity contribution in [3.8, 4) is 0 Å². The summed E-state index contributed by atoms with van der Waals surface area (Å²) in [5.74, 6) is -0.279. The maximum atomic E-state index is 13.0. The molecule has 1 saturated heterocycles. The average molecular weight is 435 g/mol. The van der Waals surface area contributed by atoms with Crippen molar-refractivity contribution < 1.29 is 17.9 Å². The predicted octanol–water partition coefficient (Wildman–Crippen LogP) is 3.15. The molecular formula is C16H19ClN2O4S3. The van der Waals surface area contributed by atoms with E-state index in [9.17, 15) is 13.2 Å². The molecule has 3 heterocycles. The molecule has 10 heteroatoms. The van der Waals surface area contributed by atoms with Crippen LogP contribution in [0, 0.1) is 0 Å². The van der Waals surface area contributed by atoms with Crippen LogP contribution in [0.2, 0.25) is 4.34 Å². The van der Waals surface area contributed by atoms with Gasteiger partial charge in [0, 0.05) is 24.5 Å². The van der Waals surface area contributed by atoms with E-state index in [1.165, 1.54) is 21.7 Å². The van der Waals surface area contributed by atoms with E-state index >= 15 is 0 Å². The molecule has 1 amide bonds. The van der Waals surface area contributed by atoms with Crippen LogP contribution < -0.4 is 0 Å². The van der Waals surface area contributed by atoms with Crippen molar-refractivity contribution in [1.29, 1.82) is 0 Å². The minimum Gasteiger partial charge on any atom is -0.379 e. The largest absolute Gasteiger partial charge is 0.379 e. The highest BCUT2D eigenvalue weighted by Gasteiger charge is 2.32. The third-order valence-electron chi connectivity index (χ3n) is 4.06. The topological polar surface area (TPSA) is 66.9 Å². The molecule has 0 spiro atoms. The third-order valence-corrected chi connectivity index (χ3v) is 8.24. The van der Waals surface area contributed by atoms with Gasteiger partial charge in [-0.15, -0.1) is 22.7 Å². The SMILES string of the molecule is CCN(Cc1ccc(Cl)s1)C(=O)c1sccc1S(=O)(=O)N1CCOCC1. The Bertz CT molecular complexity index is 872. The van der Waals surface area contributed by atoms with Gasteiger partial charge in [-0.25, -0.2) is 8.42 Å². The van der Waals surface area contributed by atoms with Crippen LogP contribution in [-0.2, 0) is 21.3 Å². The molecule has 0 bridgehead atoms. The second-order valence-corrected chi connectivity index (χ2v) is 10.3. The van der Waals surface area contributed by atoms with Crippen molar-refractivity contribution in [3.05, 3.63) is 37.7 Å². The molecule has 0 aliphatic carbocycles. The highest BCUT2D eigenvalue weighted by atomic mass is 35.5. The first-order valence-corrected chi connectivity index (χ1v) is 11.6. The maximum absolute atomic E-state index is 13.0. The van der Waals surface area contributed by atoms with Crippen molar-refractivity contribution in [3.63, 3.8) is 0 Å². The van der Waals surface area contributed by atoms with E-state index < -0.39 is 10.0 Å². The van der Waals surface area contributed by atoms with Gasteiger partial charge < -0.3 is 9.64 Å². The van der Waals surface area contributed by atoms with Crippen molar-refractivity contribution >= 4 is 50.2 Å². The van der Waals surface area contributed by atoms with Gasteiger partial charge in [0.05, 0.1) is 24.1 Å². The van der Waals surface area contributed by atoms with Gasteiger partial charge in [0.25, 0.3) is 5.91 Å². The van der Waals surface area contributed by atoms with E-state index in [0.717, 1.165) is 16.2 Å². The fourth-order valence-corrected chi connectivity index (χ4v) is 6.55. The van der Waals surface area contributed by atoms with E-state index in [0.29, 0.717) is 43.7 Å². The number of hydrogen-bond donors (Lipinski definition) is 0. The highest BCUT2D eigenvalue weighted by Crippen LogP contribution is 2.29. The van der Waals surface area contributed by atoms with E-state index in [2.05, 4.69) is 0 Å². The highest BCUT2D eigenvalue weighted by molar-refractivity contribution is 7.89. The fourth-order valence-electron chi connectivity index (χ4n) is 2.68. The van der Waals surface area contributed by atoms with Crippen LogP contribution in [-0.4, -0.2) is 56.4 Å². The Kier molecular flexibility index (Phi) is 6.37. The normalized spacial score (nSPS) is 15.9. The number of sulfonamides is 1. The lowest BCUT2D eigenvalue weighted by Gasteiger charge is -2.26. The molecule has 1 aliphatic rings. The summed E-state index contributed by atoms with van der Waals surface area (Å²) in [6.07, 6.45) is 0. The molecule has 0 atom stereocenters. The minimum atomic E-state index is -3.71. The number of amides is 1. The molecule has 26 heavy (non-hydrogen) atoms. The zero-order valence-corrected chi connectivity index (χ0v) is 17.4. The lowest BCUT2D eigenvalue weighted by Crippen LogP contribution is -2.41. The zero-order chi connectivity index (χ0) is 18.7. The Balaban J connectivity index is 1.85. The summed E-state index contributed by atoms with van der Waals surface area (Å²) >= 11 is 8.53. The smallest absolute Gasteiger partial charge is 0.265 e. The van der Waals surface area contributed by atoms with Gasteiger partial charge in [0.2, 0.25) is 10.0 Å². The van der Waals surface area contributed by atoms with Crippen LogP contribution in [0.25, 0.3) is 0 Å². The molecule has 6 nitrogen and oxygen atoms in total. The van der Waals surface area contributed by atoms with Gasteiger partial charge in [-0.1, -0.05) is 11.6 Å². The van der Waals surface area contributed by atoms with Crippen molar-refractivity contribution in [2.24, 2.45) is 0 Å². The number of rotatable bonds is 6. The van der Waals surface area contributed by atoms with Crippen LogP contribution in [0.3, 0.4) is 0 Å². The summed E-state index contributed by atoms with van der Waals surface area (Å²) in [5, 5.41) is 1.65. The first-order valence-electron chi connectivity index (χ1n) is 8.12. The Morgan fingerprint density at radius 3 is 2.65 bits per heavy atom. The number of morpholine rings is 1. The Labute approximate surface area is 166 Å². The number of thiophene rings is 2. The van der Waals surface area contributed by atoms with Crippen LogP contribution in [0.5, 0.6) is 0 Å². The molecular weight excluding hydrogens is 416 g/mol. The van der Waals surface area contributed by atoms with Crippen LogP contribution in [0.1, 0.15) is 21.5 Å². The van der Waals surface area contributed by atoms with Crippen LogP contribution >= 0.6 is 34.3 Å². The molecule has 1 fully saturated rings. The summed E-state index contributed by atoms with van der Waals surface area (Å²) < 4.78 is 33.1. The van der Waals surface area contributed by atoms with E-state index in [1.54, 1.807) is 16.3 Å². The third kappa shape index (κ3) is 4.13. The predicted molar refractivity (Wildman–Crippen MR) is 104 cm³/mol. The molecule has 0 radical (unpaired) electrons. The molecule has 2 aromatic rings. The first-order chi connectivity index (χ1) is 12.4. The summed E-state index contributed by atoms with van der Waals surface area (Å²) in [5.41, 5.74) is 0. The number of hydrogen-bond acceptors (Lipinski definition) is 6. The van der Waals surface area contributed by atoms with Crippen molar-refractivity contribution in [2.75, 3.05) is 32.8 Å². The van der Waals surface area contributed by atoms with Gasteiger partial charge in [-0.05, 0) is 30.5 Å². The minimum absolute atomic E-state index is 0.0806. The first kappa shape index (κ1) is 19.8. The second kappa shape index (κ2) is 8.37. The Morgan fingerprint density at radius 1 is 1.31 bits per heavy atom. The lowest BCUT2D eigenvalue weighted by atomic mass is 10.3. The molecule has 2 aromatic heterocycles. The fraction of sp³-hybridized carbons (Fsp3) is 0.438. The van der Waals surface area contributed by atoms with Gasteiger partial charge in [-0.2, -0.15) is 4.31 Å². The quantitative estimate of drug-likeness (QED) is 0.700. The van der Waals surface area contributed by atoms with Crippen LogP contribution in [0.4, 0.5) is 0 Å². The molecule has 0 saturated carbocycles. The number of carbonyl (C=O) groups is 1. The molecule has 0 aromatic carbocycles. The number of halogens is 1. The summed E-state index contributed by atoms with van der Waals surface area (Å²) in [6.45, 7) is 4.09. The lowest BCUT2D eigenvalue weighted by molar-refractivity contribution is 0.0726. The molecule has 1 aliphatic heterocycles. The molecule has 3 rings (SSSR count). The van der Waals surface area contributed by atoms with Gasteiger partial charge >= 0.3 is 0 Å².